The number of aromatic carboxylic acids is 1. The molecule has 2 aromatic rings. The van der Waals surface area contributed by atoms with Gasteiger partial charge in [-0.3, -0.25) is 24.1 Å². The van der Waals surface area contributed by atoms with Gasteiger partial charge in [0, 0.05) is 87.8 Å². The Kier molecular flexibility index (Phi) is 16.1. The third kappa shape index (κ3) is 11.7. The topological polar surface area (TPSA) is 189 Å². The first kappa shape index (κ1) is 47.8. The van der Waals surface area contributed by atoms with Gasteiger partial charge in [-0.25, -0.2) is 4.79 Å². The third-order valence-corrected chi connectivity index (χ3v) is 13.4. The number of ether oxygens (including phenoxy) is 4. The number of aliphatic hydroxyl groups excluding tert-OH is 1. The SMILES string of the molecule is CC1CC(N(C)C)CC(O[C@@H]2CC(=O)C(C)C(=O)OC[C@H](C)C(O)C(C)C(=O)N[C@H](C)CC2OCCCN2CCN(c3cc4c(=O)c(C(=O)O)cn(C5CC5)c4cc3Cl)CC2)O1. The number of aliphatic hydroxyl groups is 1. The molecule has 1 aromatic heterocycles. The smallest absolute Gasteiger partial charge is 0.341 e. The van der Waals surface area contributed by atoms with Crippen molar-refractivity contribution >= 4 is 51.8 Å². The number of benzene rings is 1. The number of carbonyl (C=O) groups excluding carboxylic acids is 3. The van der Waals surface area contributed by atoms with Crippen LogP contribution in [0.4, 0.5) is 5.69 Å². The molecule has 3 saturated heterocycles. The molecule has 1 amide bonds. The van der Waals surface area contributed by atoms with Crippen molar-refractivity contribution < 1.29 is 48.3 Å². The van der Waals surface area contributed by atoms with Gasteiger partial charge >= 0.3 is 11.9 Å². The molecule has 7 unspecified atom stereocenters. The molecule has 10 atom stereocenters. The maximum atomic E-state index is 13.8. The molecule has 0 radical (unpaired) electrons. The van der Waals surface area contributed by atoms with Crippen molar-refractivity contribution in [1.82, 2.24) is 19.7 Å². The highest BCUT2D eigenvalue weighted by Gasteiger charge is 2.38. The minimum atomic E-state index is -1.25. The number of halogens is 1. The lowest BCUT2D eigenvalue weighted by Gasteiger charge is -2.40. The van der Waals surface area contributed by atoms with Crippen LogP contribution in [0.15, 0.2) is 23.1 Å². The first-order chi connectivity index (χ1) is 29.4. The van der Waals surface area contributed by atoms with Crippen molar-refractivity contribution in [2.24, 2.45) is 17.8 Å². The van der Waals surface area contributed by atoms with Gasteiger partial charge < -0.3 is 48.8 Å². The molecule has 3 N–H and O–H groups in total. The third-order valence-electron chi connectivity index (χ3n) is 13.1. The van der Waals surface area contributed by atoms with E-state index < -0.39 is 65.8 Å². The van der Waals surface area contributed by atoms with Crippen molar-refractivity contribution in [1.29, 1.82) is 0 Å². The highest BCUT2D eigenvalue weighted by molar-refractivity contribution is 6.34. The number of cyclic esters (lactones) is 1. The molecule has 1 saturated carbocycles. The van der Waals surface area contributed by atoms with E-state index in [1.165, 1.54) is 13.1 Å². The molecule has 16 nitrogen and oxygen atoms in total. The number of anilines is 1. The zero-order chi connectivity index (χ0) is 45.0. The first-order valence-electron chi connectivity index (χ1n) is 22.3. The van der Waals surface area contributed by atoms with E-state index in [9.17, 15) is 34.2 Å². The summed E-state index contributed by atoms with van der Waals surface area (Å²) in [5, 5.41) is 24.6. The number of carbonyl (C=O) groups is 4. The van der Waals surface area contributed by atoms with E-state index in [-0.39, 0.29) is 48.5 Å². The summed E-state index contributed by atoms with van der Waals surface area (Å²) in [5.41, 5.74) is 0.579. The van der Waals surface area contributed by atoms with E-state index in [0.29, 0.717) is 80.2 Å². The molecule has 3 aliphatic heterocycles. The minimum absolute atomic E-state index is 0.0913. The van der Waals surface area contributed by atoms with Crippen molar-refractivity contribution in [3.63, 3.8) is 0 Å². The van der Waals surface area contributed by atoms with Crippen LogP contribution in [0.25, 0.3) is 10.9 Å². The largest absolute Gasteiger partial charge is 0.477 e. The summed E-state index contributed by atoms with van der Waals surface area (Å²) in [6, 6.07) is 3.45. The van der Waals surface area contributed by atoms with Crippen LogP contribution < -0.4 is 15.6 Å². The molecule has 1 aliphatic carbocycles. The molecular weight excluding hydrogens is 822 g/mol. The Balaban J connectivity index is 1.14. The maximum Gasteiger partial charge on any atom is 0.341 e. The van der Waals surface area contributed by atoms with Crippen LogP contribution in [0.5, 0.6) is 0 Å². The summed E-state index contributed by atoms with van der Waals surface area (Å²) in [6.45, 7) is 12.3. The number of amides is 1. The average Bonchev–Trinajstić information content (AvgIpc) is 4.08. The van der Waals surface area contributed by atoms with Crippen molar-refractivity contribution in [3.8, 4) is 0 Å². The fourth-order valence-corrected chi connectivity index (χ4v) is 9.16. The van der Waals surface area contributed by atoms with Gasteiger partial charge in [-0.1, -0.05) is 25.4 Å². The number of Topliss-reactive ketones (excluding diaryl/α,β-unsaturated/α-hetero) is 1. The molecule has 6 rings (SSSR count). The minimum Gasteiger partial charge on any atom is -0.477 e. The van der Waals surface area contributed by atoms with Crippen LogP contribution >= 0.6 is 11.6 Å². The lowest BCUT2D eigenvalue weighted by atomic mass is 9.92. The molecule has 1 aromatic carbocycles. The number of carboxylic acid groups (broad SMARTS) is 1. The molecule has 62 heavy (non-hydrogen) atoms. The van der Waals surface area contributed by atoms with Gasteiger partial charge in [0.05, 0.1) is 53.2 Å². The number of hydrogen-bond acceptors (Lipinski definition) is 13. The Morgan fingerprint density at radius 3 is 2.35 bits per heavy atom. The Labute approximate surface area is 369 Å². The fourth-order valence-electron chi connectivity index (χ4n) is 8.89. The molecule has 4 heterocycles. The molecule has 4 aliphatic rings. The van der Waals surface area contributed by atoms with Crippen molar-refractivity contribution in [3.05, 3.63) is 39.1 Å². The number of nitrogens with zero attached hydrogens (tertiary/aromatic N) is 4. The lowest BCUT2D eigenvalue weighted by molar-refractivity contribution is -0.240. The molecule has 0 bridgehead atoms. The highest BCUT2D eigenvalue weighted by atomic mass is 35.5. The summed E-state index contributed by atoms with van der Waals surface area (Å²) < 4.78 is 26.9. The summed E-state index contributed by atoms with van der Waals surface area (Å²) in [6.07, 6.45) is 2.21. The van der Waals surface area contributed by atoms with Gasteiger partial charge in [-0.05, 0) is 79.1 Å². The summed E-state index contributed by atoms with van der Waals surface area (Å²) in [7, 11) is 4.03. The van der Waals surface area contributed by atoms with Gasteiger partial charge in [0.2, 0.25) is 11.3 Å². The predicted molar refractivity (Wildman–Crippen MR) is 234 cm³/mol. The van der Waals surface area contributed by atoms with Gasteiger partial charge in [-0.15, -0.1) is 0 Å². The van der Waals surface area contributed by atoms with Crippen LogP contribution in [-0.4, -0.2) is 151 Å². The number of rotatable bonds is 11. The second-order valence-electron chi connectivity index (χ2n) is 18.3. The number of pyridine rings is 1. The highest BCUT2D eigenvalue weighted by Crippen LogP contribution is 2.39. The van der Waals surface area contributed by atoms with E-state index in [4.69, 9.17) is 30.5 Å². The van der Waals surface area contributed by atoms with Crippen LogP contribution in [0, 0.1) is 17.8 Å². The van der Waals surface area contributed by atoms with Crippen LogP contribution in [-0.2, 0) is 33.3 Å². The quantitative estimate of drug-likeness (QED) is 0.166. The molecule has 344 valence electrons. The zero-order valence-electron chi connectivity index (χ0n) is 37.2. The standard InChI is InChI=1S/C45H66ClN5O11/c1-25-24-60-45(58)28(4)37(52)22-39(62-40-19-31(48(6)7)18-27(3)61-40)38(17-26(2)47-43(55)29(5)41(25)53)59-16-8-11-49-12-14-50(15-13-49)36-20-32-35(21-34(36)46)51(30-9-10-30)23-33(42(32)54)44(56)57/h20-21,23,25-31,38-41,53H,8-19,22,24H2,1-7H3,(H,47,55)(H,56,57)/t25-,26+,27?,28?,29?,31?,38?,39+,40?,41?/m0/s1. The van der Waals surface area contributed by atoms with Gasteiger partial charge in [0.1, 0.15) is 17.3 Å². The van der Waals surface area contributed by atoms with Gasteiger partial charge in [0.25, 0.3) is 0 Å². The predicted octanol–water partition coefficient (Wildman–Crippen LogP) is 4.11. The van der Waals surface area contributed by atoms with E-state index >= 15 is 0 Å². The number of hydrogen-bond donors (Lipinski definition) is 3. The summed E-state index contributed by atoms with van der Waals surface area (Å²) in [4.78, 5) is 72.1. The van der Waals surface area contributed by atoms with Crippen LogP contribution in [0.3, 0.4) is 0 Å². The van der Waals surface area contributed by atoms with Gasteiger partial charge in [-0.2, -0.15) is 0 Å². The van der Waals surface area contributed by atoms with Crippen LogP contribution in [0.2, 0.25) is 5.02 Å². The zero-order valence-corrected chi connectivity index (χ0v) is 38.0. The fraction of sp³-hybridized carbons (Fsp3) is 0.711. The number of aromatic nitrogens is 1. The number of nitrogens with one attached hydrogen (secondary N) is 1. The number of ketones is 1. The lowest BCUT2D eigenvalue weighted by Crippen LogP contribution is -2.48. The average molecular weight is 888 g/mol. The second-order valence-corrected chi connectivity index (χ2v) is 18.7. The molecular formula is C45H66ClN5O11. The van der Waals surface area contributed by atoms with E-state index in [1.807, 2.05) is 32.5 Å². The van der Waals surface area contributed by atoms with Crippen LogP contribution in [0.1, 0.15) is 96.0 Å². The van der Waals surface area contributed by atoms with Crippen molar-refractivity contribution in [2.45, 2.75) is 128 Å². The Hall–Kier alpha value is -3.64. The number of esters is 1. The monoisotopic (exact) mass is 887 g/mol. The maximum absolute atomic E-state index is 13.8. The normalized spacial score (nSPS) is 31.4. The summed E-state index contributed by atoms with van der Waals surface area (Å²) >= 11 is 6.84. The Morgan fingerprint density at radius 1 is 0.984 bits per heavy atom. The van der Waals surface area contributed by atoms with E-state index in [2.05, 4.69) is 20.0 Å². The van der Waals surface area contributed by atoms with E-state index in [1.54, 1.807) is 26.0 Å². The van der Waals surface area contributed by atoms with Gasteiger partial charge in [0.15, 0.2) is 6.29 Å². The second kappa shape index (κ2) is 20.9. The molecule has 4 fully saturated rings. The number of piperazine rings is 1. The number of carboxylic acids is 1. The van der Waals surface area contributed by atoms with Crippen molar-refractivity contribution in [2.75, 3.05) is 64.9 Å². The Morgan fingerprint density at radius 2 is 1.69 bits per heavy atom. The molecule has 17 heteroatoms. The first-order valence-corrected chi connectivity index (χ1v) is 22.6. The Bertz CT molecular complexity index is 1980. The van der Waals surface area contributed by atoms with E-state index in [0.717, 1.165) is 19.3 Å². The molecule has 0 spiro atoms. The number of fused-ring (bicyclic) bond motifs is 1. The summed E-state index contributed by atoms with van der Waals surface area (Å²) in [5.74, 6) is -5.07.